The predicted octanol–water partition coefficient (Wildman–Crippen LogP) is 5.26. The molecule has 0 N–H and O–H groups in total. The third-order valence-corrected chi connectivity index (χ3v) is 3.79. The molecule has 0 aliphatic carbocycles. The van der Waals surface area contributed by atoms with E-state index < -0.39 is 0 Å². The molecule has 3 rings (SSSR count). The lowest BCUT2D eigenvalue weighted by Gasteiger charge is -2.06. The Hall–Kier alpha value is -1.25. The zero-order valence-electron chi connectivity index (χ0n) is 9.82. The highest BCUT2D eigenvalue weighted by molar-refractivity contribution is 9.10. The second kappa shape index (κ2) is 4.45. The molecule has 1 heterocycles. The van der Waals surface area contributed by atoms with Crippen molar-refractivity contribution in [2.45, 2.75) is 0 Å². The number of nitrogens with zero attached hydrogens (tertiary/aromatic N) is 1. The van der Waals surface area contributed by atoms with E-state index in [0.29, 0.717) is 0 Å². The number of fused-ring (bicyclic) bond motifs is 1. The van der Waals surface area contributed by atoms with Crippen LogP contribution >= 0.6 is 27.5 Å². The fourth-order valence-corrected chi connectivity index (χ4v) is 3.13. The monoisotopic (exact) mass is 319 g/mol. The fraction of sp³-hybridized carbons (Fsp3) is 0.0667. The third kappa shape index (κ3) is 1.96. The zero-order chi connectivity index (χ0) is 12.7. The van der Waals surface area contributed by atoms with Crippen LogP contribution in [0, 0.1) is 0 Å². The summed E-state index contributed by atoms with van der Waals surface area (Å²) >= 11 is 9.60. The first-order chi connectivity index (χ1) is 8.65. The van der Waals surface area contributed by atoms with Crippen LogP contribution in [-0.4, -0.2) is 4.57 Å². The average molecular weight is 321 g/mol. The van der Waals surface area contributed by atoms with E-state index in [0.717, 1.165) is 15.1 Å². The van der Waals surface area contributed by atoms with Crippen LogP contribution in [0.3, 0.4) is 0 Å². The molecule has 0 amide bonds. The van der Waals surface area contributed by atoms with E-state index in [1.54, 1.807) is 0 Å². The molecule has 1 nitrogen and oxygen atoms in total. The number of benzene rings is 2. The highest BCUT2D eigenvalue weighted by atomic mass is 79.9. The lowest BCUT2D eigenvalue weighted by Crippen LogP contribution is -1.91. The van der Waals surface area contributed by atoms with Gasteiger partial charge in [-0.25, -0.2) is 0 Å². The SMILES string of the molecule is Cn1c(-c2cc(Cl)cc(Br)c2)cc2ccccc21. The Morgan fingerprint density at radius 2 is 1.83 bits per heavy atom. The van der Waals surface area contributed by atoms with Gasteiger partial charge in [0.2, 0.25) is 0 Å². The van der Waals surface area contributed by atoms with E-state index in [1.807, 2.05) is 12.1 Å². The Bertz CT molecular complexity index is 710. The molecular formula is C15H11BrClN. The summed E-state index contributed by atoms with van der Waals surface area (Å²) in [5, 5.41) is 1.98. The van der Waals surface area contributed by atoms with Crippen LogP contribution < -0.4 is 0 Å². The summed E-state index contributed by atoms with van der Waals surface area (Å²) in [6.07, 6.45) is 0. The molecule has 0 radical (unpaired) electrons. The van der Waals surface area contributed by atoms with Crippen LogP contribution in [0.4, 0.5) is 0 Å². The summed E-state index contributed by atoms with van der Waals surface area (Å²) in [5.41, 5.74) is 3.51. The minimum Gasteiger partial charge on any atom is -0.344 e. The average Bonchev–Trinajstić information content (AvgIpc) is 2.66. The van der Waals surface area contributed by atoms with Gasteiger partial charge in [0.25, 0.3) is 0 Å². The molecular weight excluding hydrogens is 310 g/mol. The molecule has 3 aromatic rings. The van der Waals surface area contributed by atoms with Gasteiger partial charge in [-0.3, -0.25) is 0 Å². The van der Waals surface area contributed by atoms with Crippen molar-refractivity contribution < 1.29 is 0 Å². The molecule has 0 fully saturated rings. The predicted molar refractivity (Wildman–Crippen MR) is 81.1 cm³/mol. The molecule has 1 aromatic heterocycles. The van der Waals surface area contributed by atoms with Gasteiger partial charge < -0.3 is 4.57 Å². The summed E-state index contributed by atoms with van der Waals surface area (Å²) < 4.78 is 3.18. The topological polar surface area (TPSA) is 4.93 Å². The molecule has 0 aliphatic heterocycles. The Kier molecular flexibility index (Phi) is 2.92. The highest BCUT2D eigenvalue weighted by Crippen LogP contribution is 2.31. The smallest absolute Gasteiger partial charge is 0.0489 e. The van der Waals surface area contributed by atoms with Gasteiger partial charge in [0.1, 0.15) is 0 Å². The highest BCUT2D eigenvalue weighted by Gasteiger charge is 2.08. The molecule has 0 atom stereocenters. The normalized spacial score (nSPS) is 11.1. The standard InChI is InChI=1S/C15H11BrClN/c1-18-14-5-3-2-4-10(14)8-15(18)11-6-12(16)9-13(17)7-11/h2-9H,1H3. The minimum atomic E-state index is 0.740. The largest absolute Gasteiger partial charge is 0.344 e. The minimum absolute atomic E-state index is 0.740. The first kappa shape index (κ1) is 11.8. The number of aryl methyl sites for hydroxylation is 1. The van der Waals surface area contributed by atoms with E-state index in [4.69, 9.17) is 11.6 Å². The molecule has 0 bridgehead atoms. The van der Waals surface area contributed by atoms with Crippen molar-refractivity contribution in [3.8, 4) is 11.3 Å². The van der Waals surface area contributed by atoms with Crippen molar-refractivity contribution in [1.82, 2.24) is 4.57 Å². The van der Waals surface area contributed by atoms with Crippen molar-refractivity contribution >= 4 is 38.4 Å². The van der Waals surface area contributed by atoms with Gasteiger partial charge in [-0.15, -0.1) is 0 Å². The number of aromatic nitrogens is 1. The lowest BCUT2D eigenvalue weighted by molar-refractivity contribution is 0.978. The quantitative estimate of drug-likeness (QED) is 0.576. The van der Waals surface area contributed by atoms with E-state index in [-0.39, 0.29) is 0 Å². The van der Waals surface area contributed by atoms with E-state index in [1.165, 1.54) is 16.6 Å². The Morgan fingerprint density at radius 3 is 2.56 bits per heavy atom. The maximum atomic E-state index is 6.11. The summed E-state index contributed by atoms with van der Waals surface area (Å²) in [4.78, 5) is 0. The van der Waals surface area contributed by atoms with Gasteiger partial charge in [-0.1, -0.05) is 45.7 Å². The van der Waals surface area contributed by atoms with Gasteiger partial charge in [-0.2, -0.15) is 0 Å². The molecule has 0 saturated carbocycles. The second-order valence-corrected chi connectivity index (χ2v) is 5.66. The summed E-state index contributed by atoms with van der Waals surface area (Å²) in [6.45, 7) is 0. The van der Waals surface area contributed by atoms with Crippen LogP contribution in [0.15, 0.2) is 53.0 Å². The van der Waals surface area contributed by atoms with Crippen LogP contribution in [0.1, 0.15) is 0 Å². The van der Waals surface area contributed by atoms with Gasteiger partial charge in [-0.05, 0) is 30.3 Å². The number of hydrogen-bond acceptors (Lipinski definition) is 0. The van der Waals surface area contributed by atoms with Crippen molar-refractivity contribution in [2.75, 3.05) is 0 Å². The van der Waals surface area contributed by atoms with Crippen LogP contribution in [0.5, 0.6) is 0 Å². The number of rotatable bonds is 1. The molecule has 0 saturated heterocycles. The summed E-state index contributed by atoms with van der Waals surface area (Å²) in [7, 11) is 2.08. The molecule has 0 aliphatic rings. The van der Waals surface area contributed by atoms with E-state index in [2.05, 4.69) is 63.9 Å². The number of hydrogen-bond donors (Lipinski definition) is 0. The van der Waals surface area contributed by atoms with Gasteiger partial charge in [0, 0.05) is 38.7 Å². The zero-order valence-corrected chi connectivity index (χ0v) is 12.2. The van der Waals surface area contributed by atoms with Crippen molar-refractivity contribution in [1.29, 1.82) is 0 Å². The molecule has 0 spiro atoms. The van der Waals surface area contributed by atoms with Crippen molar-refractivity contribution in [3.05, 3.63) is 58.0 Å². The fourth-order valence-electron chi connectivity index (χ4n) is 2.27. The third-order valence-electron chi connectivity index (χ3n) is 3.11. The molecule has 0 unspecified atom stereocenters. The maximum Gasteiger partial charge on any atom is 0.0489 e. The first-order valence-electron chi connectivity index (χ1n) is 5.66. The lowest BCUT2D eigenvalue weighted by atomic mass is 10.1. The molecule has 3 heteroatoms. The van der Waals surface area contributed by atoms with E-state index >= 15 is 0 Å². The summed E-state index contributed by atoms with van der Waals surface area (Å²) in [5.74, 6) is 0. The second-order valence-electron chi connectivity index (χ2n) is 4.31. The Morgan fingerprint density at radius 1 is 1.06 bits per heavy atom. The molecule has 90 valence electrons. The van der Waals surface area contributed by atoms with Gasteiger partial charge >= 0.3 is 0 Å². The first-order valence-corrected chi connectivity index (χ1v) is 6.83. The molecule has 2 aromatic carbocycles. The maximum absolute atomic E-state index is 6.11. The summed E-state index contributed by atoms with van der Waals surface area (Å²) in [6, 6.07) is 16.5. The number of para-hydroxylation sites is 1. The van der Waals surface area contributed by atoms with Gasteiger partial charge in [0.05, 0.1) is 0 Å². The Balaban J connectivity index is 2.28. The number of halogens is 2. The van der Waals surface area contributed by atoms with Crippen molar-refractivity contribution in [3.63, 3.8) is 0 Å². The van der Waals surface area contributed by atoms with Crippen molar-refractivity contribution in [2.24, 2.45) is 7.05 Å². The van der Waals surface area contributed by atoms with Crippen LogP contribution in [0.2, 0.25) is 5.02 Å². The van der Waals surface area contributed by atoms with E-state index in [9.17, 15) is 0 Å². The van der Waals surface area contributed by atoms with Gasteiger partial charge in [0.15, 0.2) is 0 Å². The van der Waals surface area contributed by atoms with Crippen LogP contribution in [0.25, 0.3) is 22.2 Å². The molecule has 18 heavy (non-hydrogen) atoms. The Labute approximate surface area is 119 Å². The van der Waals surface area contributed by atoms with Crippen LogP contribution in [-0.2, 0) is 7.05 Å².